The van der Waals surface area contributed by atoms with Crippen molar-refractivity contribution in [3.63, 3.8) is 0 Å². The van der Waals surface area contributed by atoms with E-state index in [0.29, 0.717) is 13.2 Å². The Labute approximate surface area is 104 Å². The molecule has 0 radical (unpaired) electrons. The van der Waals surface area contributed by atoms with Gasteiger partial charge in [-0.25, -0.2) is 0 Å². The van der Waals surface area contributed by atoms with Gasteiger partial charge in [-0.2, -0.15) is 0 Å². The molecule has 1 heterocycles. The fourth-order valence-electron chi connectivity index (χ4n) is 1.91. The minimum Gasteiger partial charge on any atom is -0.496 e. The molecule has 1 rings (SSSR count). The predicted molar refractivity (Wildman–Crippen MR) is 67.8 cm³/mol. The molecule has 0 aromatic heterocycles. The Balaban J connectivity index is 2.68. The van der Waals surface area contributed by atoms with Crippen LogP contribution in [0, 0.1) is 0 Å². The lowest BCUT2D eigenvalue weighted by atomic mass is 10.1. The molecule has 1 unspecified atom stereocenters. The first-order valence-corrected chi connectivity index (χ1v) is 6.62. The highest BCUT2D eigenvalue weighted by atomic mass is 16.7. The first kappa shape index (κ1) is 14.5. The highest BCUT2D eigenvalue weighted by Gasteiger charge is 2.27. The maximum Gasteiger partial charge on any atom is 0.179 e. The largest absolute Gasteiger partial charge is 0.496 e. The molecule has 1 aliphatic heterocycles. The van der Waals surface area contributed by atoms with E-state index >= 15 is 0 Å². The van der Waals surface area contributed by atoms with E-state index in [1.54, 1.807) is 0 Å². The Morgan fingerprint density at radius 1 is 1.29 bits per heavy atom. The van der Waals surface area contributed by atoms with E-state index < -0.39 is 0 Å². The van der Waals surface area contributed by atoms with E-state index in [4.69, 9.17) is 14.2 Å². The van der Waals surface area contributed by atoms with Gasteiger partial charge in [-0.3, -0.25) is 0 Å². The van der Waals surface area contributed by atoms with Crippen molar-refractivity contribution in [2.45, 2.75) is 45.9 Å². The van der Waals surface area contributed by atoms with Crippen molar-refractivity contribution in [2.75, 3.05) is 26.4 Å². The number of allylic oxidation sites excluding steroid dienone is 1. The van der Waals surface area contributed by atoms with Crippen LogP contribution in [0.5, 0.6) is 0 Å². The fourth-order valence-corrected chi connectivity index (χ4v) is 1.91. The molecule has 0 saturated heterocycles. The molecule has 1 N–H and O–H groups in total. The quantitative estimate of drug-likeness (QED) is 0.662. The van der Waals surface area contributed by atoms with Gasteiger partial charge in [-0.05, 0) is 39.3 Å². The summed E-state index contributed by atoms with van der Waals surface area (Å²) in [7, 11) is 0. The molecule has 0 saturated carbocycles. The number of ether oxygens (including phenoxy) is 3. The predicted octanol–water partition coefficient (Wildman–Crippen LogP) is 2.06. The molecule has 0 bridgehead atoms. The Bertz CT molecular complexity index is 225. The molecule has 0 aromatic carbocycles. The molecule has 100 valence electrons. The molecular formula is C13H25NO3. The molecule has 17 heavy (non-hydrogen) atoms. The maximum atomic E-state index is 5.70. The van der Waals surface area contributed by atoms with Crippen LogP contribution in [0.25, 0.3) is 0 Å². The van der Waals surface area contributed by atoms with E-state index in [0.717, 1.165) is 31.8 Å². The van der Waals surface area contributed by atoms with Gasteiger partial charge in [0.15, 0.2) is 6.29 Å². The molecule has 1 aliphatic rings. The lowest BCUT2D eigenvalue weighted by molar-refractivity contribution is -0.154. The summed E-state index contributed by atoms with van der Waals surface area (Å²) in [5, 5.41) is 3.38. The normalized spacial score (nSPS) is 17.8. The van der Waals surface area contributed by atoms with Crippen LogP contribution < -0.4 is 5.32 Å². The third-order valence-electron chi connectivity index (χ3n) is 2.63. The van der Waals surface area contributed by atoms with Gasteiger partial charge < -0.3 is 19.5 Å². The summed E-state index contributed by atoms with van der Waals surface area (Å²) in [4.78, 5) is 0. The first-order valence-electron chi connectivity index (χ1n) is 6.62. The summed E-state index contributed by atoms with van der Waals surface area (Å²) in [6, 6.07) is 0.000185. The molecule has 0 aliphatic carbocycles. The number of hydrogen-bond donors (Lipinski definition) is 1. The van der Waals surface area contributed by atoms with Crippen LogP contribution in [0.1, 0.15) is 33.6 Å². The highest BCUT2D eigenvalue weighted by Crippen LogP contribution is 2.18. The molecule has 1 atom stereocenters. The summed E-state index contributed by atoms with van der Waals surface area (Å²) in [6.45, 7) is 8.96. The topological polar surface area (TPSA) is 39.7 Å². The number of hydrogen-bond acceptors (Lipinski definition) is 4. The Morgan fingerprint density at radius 3 is 2.47 bits per heavy atom. The smallest absolute Gasteiger partial charge is 0.179 e. The number of likely N-dealkylation sites (N-methyl/N-ethyl adjacent to an activating group) is 1. The van der Waals surface area contributed by atoms with Crippen molar-refractivity contribution in [2.24, 2.45) is 0 Å². The highest BCUT2D eigenvalue weighted by molar-refractivity contribution is 5.07. The average Bonchev–Trinajstić information content (AvgIpc) is 2.37. The molecular weight excluding hydrogens is 218 g/mol. The zero-order valence-corrected chi connectivity index (χ0v) is 11.2. The van der Waals surface area contributed by atoms with E-state index in [1.807, 2.05) is 13.8 Å². The standard InChI is InChI=1S/C13H25NO3/c1-4-14-12(11-9-7-8-10-17-11)13(15-5-2)16-6-3/h9,12-14H,4-8,10H2,1-3H3. The monoisotopic (exact) mass is 243 g/mol. The van der Waals surface area contributed by atoms with Crippen LogP contribution in [0.15, 0.2) is 11.8 Å². The Hall–Kier alpha value is -0.580. The van der Waals surface area contributed by atoms with E-state index in [1.165, 1.54) is 0 Å². The average molecular weight is 243 g/mol. The van der Waals surface area contributed by atoms with Gasteiger partial charge in [0.1, 0.15) is 11.8 Å². The van der Waals surface area contributed by atoms with Gasteiger partial charge in [0.2, 0.25) is 0 Å². The zero-order valence-electron chi connectivity index (χ0n) is 11.2. The summed E-state index contributed by atoms with van der Waals surface area (Å²) in [6.07, 6.45) is 4.04. The van der Waals surface area contributed by atoms with Gasteiger partial charge in [0.05, 0.1) is 6.61 Å². The Morgan fingerprint density at radius 2 is 2.00 bits per heavy atom. The zero-order chi connectivity index (χ0) is 12.5. The molecule has 0 aromatic rings. The van der Waals surface area contributed by atoms with Crippen LogP contribution in [-0.4, -0.2) is 38.7 Å². The summed E-state index contributed by atoms with van der Waals surface area (Å²) in [5.41, 5.74) is 0. The van der Waals surface area contributed by atoms with Gasteiger partial charge >= 0.3 is 0 Å². The van der Waals surface area contributed by atoms with Crippen molar-refractivity contribution < 1.29 is 14.2 Å². The lowest BCUT2D eigenvalue weighted by Gasteiger charge is -2.30. The van der Waals surface area contributed by atoms with Gasteiger partial charge in [-0.15, -0.1) is 0 Å². The second-order valence-corrected chi connectivity index (χ2v) is 3.91. The van der Waals surface area contributed by atoms with Crippen LogP contribution in [0.2, 0.25) is 0 Å². The van der Waals surface area contributed by atoms with Crippen LogP contribution in [0.4, 0.5) is 0 Å². The van der Waals surface area contributed by atoms with E-state index in [2.05, 4.69) is 18.3 Å². The van der Waals surface area contributed by atoms with Crippen LogP contribution >= 0.6 is 0 Å². The molecule has 0 amide bonds. The molecule has 4 heteroatoms. The lowest BCUT2D eigenvalue weighted by Crippen LogP contribution is -2.45. The third kappa shape index (κ3) is 4.66. The molecule has 0 fully saturated rings. The minimum atomic E-state index is -0.269. The van der Waals surface area contributed by atoms with Crippen molar-refractivity contribution in [3.8, 4) is 0 Å². The van der Waals surface area contributed by atoms with Crippen molar-refractivity contribution >= 4 is 0 Å². The first-order chi connectivity index (χ1) is 8.33. The third-order valence-corrected chi connectivity index (χ3v) is 2.63. The second kappa shape index (κ2) is 8.50. The summed E-state index contributed by atoms with van der Waals surface area (Å²) < 4.78 is 17.0. The second-order valence-electron chi connectivity index (χ2n) is 3.91. The van der Waals surface area contributed by atoms with E-state index in [9.17, 15) is 0 Å². The van der Waals surface area contributed by atoms with Gasteiger partial charge in [0.25, 0.3) is 0 Å². The number of rotatable bonds is 8. The number of nitrogens with one attached hydrogen (secondary N) is 1. The fraction of sp³-hybridized carbons (Fsp3) is 0.846. The van der Waals surface area contributed by atoms with E-state index in [-0.39, 0.29) is 12.3 Å². The maximum absolute atomic E-state index is 5.70. The minimum absolute atomic E-state index is 0.000185. The van der Waals surface area contributed by atoms with Crippen LogP contribution in [-0.2, 0) is 14.2 Å². The van der Waals surface area contributed by atoms with Crippen molar-refractivity contribution in [1.29, 1.82) is 0 Å². The van der Waals surface area contributed by atoms with Crippen molar-refractivity contribution in [1.82, 2.24) is 5.32 Å². The van der Waals surface area contributed by atoms with Crippen molar-refractivity contribution in [3.05, 3.63) is 11.8 Å². The molecule has 4 nitrogen and oxygen atoms in total. The van der Waals surface area contributed by atoms with Gasteiger partial charge in [-0.1, -0.05) is 6.92 Å². The SMILES string of the molecule is CCNC(C1=CCCCO1)C(OCC)OCC. The summed E-state index contributed by atoms with van der Waals surface area (Å²) >= 11 is 0. The summed E-state index contributed by atoms with van der Waals surface area (Å²) in [5.74, 6) is 0.963. The molecule has 0 spiro atoms. The Kier molecular flexibility index (Phi) is 7.24. The van der Waals surface area contributed by atoms with Gasteiger partial charge in [0, 0.05) is 13.2 Å². The van der Waals surface area contributed by atoms with Crippen LogP contribution in [0.3, 0.4) is 0 Å².